The Kier molecular flexibility index (Phi) is 5.89. The zero-order valence-corrected chi connectivity index (χ0v) is 18.9. The van der Waals surface area contributed by atoms with E-state index in [0.29, 0.717) is 28.8 Å². The van der Waals surface area contributed by atoms with E-state index in [-0.39, 0.29) is 29.8 Å². The topological polar surface area (TPSA) is 122 Å². The summed E-state index contributed by atoms with van der Waals surface area (Å²) in [5, 5.41) is 7.00. The van der Waals surface area contributed by atoms with E-state index in [1.54, 1.807) is 29.2 Å². The quantitative estimate of drug-likeness (QED) is 0.493. The highest BCUT2D eigenvalue weighted by Gasteiger charge is 2.29. The maximum atomic E-state index is 12.9. The number of carbonyl (C=O) groups is 4. The van der Waals surface area contributed by atoms with Gasteiger partial charge in [-0.1, -0.05) is 24.8 Å². The minimum atomic E-state index is -0.640. The number of nitrogens with zero attached hydrogens (tertiary/aromatic N) is 1. The van der Waals surface area contributed by atoms with Crippen LogP contribution in [0.2, 0.25) is 0 Å². The Hall–Kier alpha value is -4.46. The molecule has 3 aromatic carbocycles. The van der Waals surface area contributed by atoms with Crippen molar-refractivity contribution in [2.75, 3.05) is 20.6 Å². The molecule has 0 aromatic heterocycles. The van der Waals surface area contributed by atoms with Crippen LogP contribution in [0.25, 0.3) is 21.9 Å². The number of primary amides is 1. The third-order valence-corrected chi connectivity index (χ3v) is 5.97. The Morgan fingerprint density at radius 3 is 2.15 bits per heavy atom. The molecular formula is C26H24N4O4. The fourth-order valence-corrected chi connectivity index (χ4v) is 4.15. The Labute approximate surface area is 196 Å². The lowest BCUT2D eigenvalue weighted by atomic mass is 9.94. The maximum Gasteiger partial charge on any atom is 0.254 e. The molecule has 8 nitrogen and oxygen atoms in total. The zero-order chi connectivity index (χ0) is 24.6. The van der Waals surface area contributed by atoms with E-state index < -0.39 is 5.91 Å². The second kappa shape index (κ2) is 8.82. The van der Waals surface area contributed by atoms with Crippen LogP contribution < -0.4 is 16.4 Å². The molecule has 0 fully saturated rings. The van der Waals surface area contributed by atoms with Gasteiger partial charge in [-0.25, -0.2) is 0 Å². The number of hydrogen-bond acceptors (Lipinski definition) is 4. The minimum Gasteiger partial charge on any atom is -0.366 e. The molecule has 8 heteroatoms. The molecule has 4 amide bonds. The first-order valence-corrected chi connectivity index (χ1v) is 10.7. The van der Waals surface area contributed by atoms with Crippen LogP contribution in [0, 0.1) is 0 Å². The van der Waals surface area contributed by atoms with Gasteiger partial charge in [-0.2, -0.15) is 0 Å². The molecule has 3 aromatic rings. The molecule has 4 rings (SSSR count). The molecular weight excluding hydrogens is 432 g/mol. The van der Waals surface area contributed by atoms with E-state index in [1.807, 2.05) is 24.3 Å². The van der Waals surface area contributed by atoms with E-state index in [2.05, 4.69) is 17.2 Å². The van der Waals surface area contributed by atoms with Gasteiger partial charge in [0.1, 0.15) is 0 Å². The summed E-state index contributed by atoms with van der Waals surface area (Å²) in [6, 6.07) is 14.4. The minimum absolute atomic E-state index is 0.0632. The number of nitrogens with one attached hydrogen (secondary N) is 2. The van der Waals surface area contributed by atoms with Crippen LogP contribution >= 0.6 is 0 Å². The summed E-state index contributed by atoms with van der Waals surface area (Å²) in [5.41, 5.74) is 9.08. The molecule has 1 aliphatic heterocycles. The molecule has 0 bridgehead atoms. The van der Waals surface area contributed by atoms with Gasteiger partial charge in [0, 0.05) is 42.9 Å². The van der Waals surface area contributed by atoms with Crippen LogP contribution in [-0.2, 0) is 11.3 Å². The summed E-state index contributed by atoms with van der Waals surface area (Å²) in [7, 11) is 3.06. The normalized spacial score (nSPS) is 12.4. The van der Waals surface area contributed by atoms with Crippen LogP contribution in [0.15, 0.2) is 60.7 Å². The summed E-state index contributed by atoms with van der Waals surface area (Å²) < 4.78 is 0. The second-order valence-corrected chi connectivity index (χ2v) is 8.11. The van der Waals surface area contributed by atoms with Crippen LogP contribution in [0.1, 0.15) is 36.6 Å². The van der Waals surface area contributed by atoms with Crippen LogP contribution in [-0.4, -0.2) is 49.2 Å². The molecule has 1 heterocycles. The van der Waals surface area contributed by atoms with Crippen molar-refractivity contribution in [3.8, 4) is 11.1 Å². The highest BCUT2D eigenvalue weighted by Crippen LogP contribution is 2.34. The number of nitrogens with two attached hydrogens (primary N) is 1. The van der Waals surface area contributed by atoms with E-state index in [9.17, 15) is 19.2 Å². The second-order valence-electron chi connectivity index (χ2n) is 8.11. The molecule has 34 heavy (non-hydrogen) atoms. The molecule has 0 saturated heterocycles. The lowest BCUT2D eigenvalue weighted by Crippen LogP contribution is -2.30. The van der Waals surface area contributed by atoms with E-state index >= 15 is 0 Å². The number of fused-ring (bicyclic) bond motifs is 3. The first-order chi connectivity index (χ1) is 16.2. The third kappa shape index (κ3) is 4.01. The molecule has 0 aliphatic carbocycles. The monoisotopic (exact) mass is 456 g/mol. The van der Waals surface area contributed by atoms with Crippen LogP contribution in [0.4, 0.5) is 0 Å². The van der Waals surface area contributed by atoms with Gasteiger partial charge in [0.2, 0.25) is 5.91 Å². The smallest absolute Gasteiger partial charge is 0.254 e. The van der Waals surface area contributed by atoms with Crippen LogP contribution in [0.3, 0.4) is 0 Å². The standard InChI is InChI=1S/C26H24N4O4/c1-14(23(27)31)12-30-13-22-20(26(30)34)7-6-15-4-5-16(11-21(15)22)17-8-18(24(32)28-2)10-19(9-17)25(33)29-3/h4-11H,1,12-13H2,2-3H3,(H2,27,31)(H,28,32)(H,29,33). The van der Waals surface area contributed by atoms with Gasteiger partial charge >= 0.3 is 0 Å². The van der Waals surface area contributed by atoms with Gasteiger partial charge in [0.15, 0.2) is 0 Å². The number of carbonyl (C=O) groups excluding carboxylic acids is 4. The highest BCUT2D eigenvalue weighted by molar-refractivity contribution is 6.06. The number of amides is 4. The van der Waals surface area contributed by atoms with Crippen LogP contribution in [0.5, 0.6) is 0 Å². The van der Waals surface area contributed by atoms with Crippen molar-refractivity contribution >= 4 is 34.4 Å². The summed E-state index contributed by atoms with van der Waals surface area (Å²) in [5.74, 6) is -1.43. The van der Waals surface area contributed by atoms with Crippen molar-refractivity contribution in [3.63, 3.8) is 0 Å². The third-order valence-electron chi connectivity index (χ3n) is 5.97. The molecule has 1 aliphatic rings. The summed E-state index contributed by atoms with van der Waals surface area (Å²) in [6.45, 7) is 4.04. The largest absolute Gasteiger partial charge is 0.366 e. The summed E-state index contributed by atoms with van der Waals surface area (Å²) in [6.07, 6.45) is 0. The number of rotatable bonds is 6. The van der Waals surface area contributed by atoms with Gasteiger partial charge in [-0.15, -0.1) is 0 Å². The maximum absolute atomic E-state index is 12.9. The number of benzene rings is 3. The molecule has 0 radical (unpaired) electrons. The Morgan fingerprint density at radius 1 is 0.941 bits per heavy atom. The van der Waals surface area contributed by atoms with Gasteiger partial charge < -0.3 is 21.3 Å². The summed E-state index contributed by atoms with van der Waals surface area (Å²) >= 11 is 0. The molecule has 0 unspecified atom stereocenters. The fraction of sp³-hybridized carbons (Fsp3) is 0.154. The van der Waals surface area contributed by atoms with Crippen molar-refractivity contribution in [2.24, 2.45) is 5.73 Å². The first kappa shape index (κ1) is 22.7. The predicted molar refractivity (Wildman–Crippen MR) is 129 cm³/mol. The van der Waals surface area contributed by atoms with Gasteiger partial charge in [0.25, 0.3) is 17.7 Å². The fourth-order valence-electron chi connectivity index (χ4n) is 4.15. The first-order valence-electron chi connectivity index (χ1n) is 10.7. The van der Waals surface area contributed by atoms with Crippen molar-refractivity contribution in [3.05, 3.63) is 82.9 Å². The average Bonchev–Trinajstić information content (AvgIpc) is 3.17. The predicted octanol–water partition coefficient (Wildman–Crippen LogP) is 2.22. The zero-order valence-electron chi connectivity index (χ0n) is 18.9. The lowest BCUT2D eigenvalue weighted by molar-refractivity contribution is -0.114. The summed E-state index contributed by atoms with van der Waals surface area (Å²) in [4.78, 5) is 50.5. The van der Waals surface area contributed by atoms with E-state index in [1.165, 1.54) is 14.1 Å². The lowest BCUT2D eigenvalue weighted by Gasteiger charge is -2.15. The SMILES string of the molecule is C=C(CN1Cc2c(ccc3ccc(-c4cc(C(=O)NC)cc(C(=O)NC)c4)cc23)C1=O)C(N)=O. The van der Waals surface area contributed by atoms with Gasteiger partial charge in [-0.05, 0) is 57.8 Å². The molecule has 0 spiro atoms. The Bertz CT molecular complexity index is 1360. The number of hydrogen-bond donors (Lipinski definition) is 3. The molecule has 4 N–H and O–H groups in total. The van der Waals surface area contributed by atoms with Crippen molar-refractivity contribution in [1.82, 2.24) is 15.5 Å². The highest BCUT2D eigenvalue weighted by atomic mass is 16.2. The Morgan fingerprint density at radius 2 is 1.56 bits per heavy atom. The van der Waals surface area contributed by atoms with Gasteiger partial charge in [0.05, 0.1) is 6.54 Å². The molecule has 0 saturated carbocycles. The van der Waals surface area contributed by atoms with Crippen molar-refractivity contribution in [1.29, 1.82) is 0 Å². The van der Waals surface area contributed by atoms with Crippen molar-refractivity contribution in [2.45, 2.75) is 6.54 Å². The van der Waals surface area contributed by atoms with E-state index in [0.717, 1.165) is 21.9 Å². The molecule has 172 valence electrons. The van der Waals surface area contributed by atoms with E-state index in [4.69, 9.17) is 5.73 Å². The average molecular weight is 457 g/mol. The Balaban J connectivity index is 1.81. The molecule has 0 atom stereocenters. The van der Waals surface area contributed by atoms with Gasteiger partial charge in [-0.3, -0.25) is 19.2 Å². The van der Waals surface area contributed by atoms with Crippen molar-refractivity contribution < 1.29 is 19.2 Å².